The van der Waals surface area contributed by atoms with Crippen molar-refractivity contribution in [2.45, 2.75) is 20.3 Å². The van der Waals surface area contributed by atoms with Gasteiger partial charge in [0, 0.05) is 36.3 Å². The molecular formula is C24H28N4O5. The summed E-state index contributed by atoms with van der Waals surface area (Å²) in [5.41, 5.74) is 7.36. The van der Waals surface area contributed by atoms with Gasteiger partial charge in [0.15, 0.2) is 23.9 Å². The number of nitrogens with one attached hydrogen (secondary N) is 2. The molecule has 2 aromatic carbocycles. The van der Waals surface area contributed by atoms with E-state index in [1.54, 1.807) is 0 Å². The summed E-state index contributed by atoms with van der Waals surface area (Å²) < 4.78 is 19.0. The number of rotatable bonds is 10. The van der Waals surface area contributed by atoms with E-state index < -0.39 is 0 Å². The number of aromatic nitrogens is 2. The number of hydroxylamine groups is 1. The SMILES string of the molecule is CCOc1cccc(Nc2nn(C)c3c2Cc2cc(OCC)c(OCC(=O)NOC)cc2-3)c1. The summed E-state index contributed by atoms with van der Waals surface area (Å²) in [5, 5.41) is 8.13. The lowest BCUT2D eigenvalue weighted by atomic mass is 10.1. The van der Waals surface area contributed by atoms with E-state index in [1.165, 1.54) is 7.11 Å². The van der Waals surface area contributed by atoms with E-state index >= 15 is 0 Å². The van der Waals surface area contributed by atoms with Gasteiger partial charge in [-0.25, -0.2) is 5.48 Å². The highest BCUT2D eigenvalue weighted by Gasteiger charge is 2.29. The zero-order valence-electron chi connectivity index (χ0n) is 19.2. The molecule has 0 radical (unpaired) electrons. The molecule has 0 bridgehead atoms. The number of hydrogen-bond acceptors (Lipinski definition) is 7. The molecule has 0 aliphatic heterocycles. The number of amides is 1. The van der Waals surface area contributed by atoms with Gasteiger partial charge in [-0.1, -0.05) is 6.07 Å². The third-order valence-electron chi connectivity index (χ3n) is 5.22. The maximum absolute atomic E-state index is 11.8. The molecule has 33 heavy (non-hydrogen) atoms. The largest absolute Gasteiger partial charge is 0.494 e. The highest BCUT2D eigenvalue weighted by atomic mass is 16.6. The average Bonchev–Trinajstić information content (AvgIpc) is 3.30. The van der Waals surface area contributed by atoms with Crippen molar-refractivity contribution in [3.63, 3.8) is 0 Å². The Labute approximate surface area is 192 Å². The van der Waals surface area contributed by atoms with E-state index in [0.29, 0.717) is 31.1 Å². The van der Waals surface area contributed by atoms with Crippen molar-refractivity contribution in [3.8, 4) is 28.5 Å². The number of ether oxygens (including phenoxy) is 3. The normalized spacial score (nSPS) is 11.5. The summed E-state index contributed by atoms with van der Waals surface area (Å²) in [4.78, 5) is 16.4. The van der Waals surface area contributed by atoms with Gasteiger partial charge in [-0.05, 0) is 43.7 Å². The molecular weight excluding hydrogens is 424 g/mol. The number of carbonyl (C=O) groups is 1. The second-order valence-corrected chi connectivity index (χ2v) is 7.47. The molecule has 1 aliphatic rings. The van der Waals surface area contributed by atoms with Crippen LogP contribution in [0.15, 0.2) is 36.4 Å². The minimum Gasteiger partial charge on any atom is -0.494 e. The van der Waals surface area contributed by atoms with Crippen molar-refractivity contribution in [3.05, 3.63) is 47.5 Å². The first kappa shape index (κ1) is 22.5. The third-order valence-corrected chi connectivity index (χ3v) is 5.22. The maximum Gasteiger partial charge on any atom is 0.281 e. The van der Waals surface area contributed by atoms with Crippen LogP contribution in [0.3, 0.4) is 0 Å². The van der Waals surface area contributed by atoms with Crippen LogP contribution in [0.25, 0.3) is 11.3 Å². The number of benzene rings is 2. The van der Waals surface area contributed by atoms with E-state index in [9.17, 15) is 4.79 Å². The molecule has 1 aliphatic carbocycles. The van der Waals surface area contributed by atoms with Gasteiger partial charge < -0.3 is 19.5 Å². The summed E-state index contributed by atoms with van der Waals surface area (Å²) in [6.07, 6.45) is 0.705. The van der Waals surface area contributed by atoms with Gasteiger partial charge >= 0.3 is 0 Å². The minimum absolute atomic E-state index is 0.187. The summed E-state index contributed by atoms with van der Waals surface area (Å²) in [7, 11) is 3.29. The van der Waals surface area contributed by atoms with Crippen LogP contribution in [0.2, 0.25) is 0 Å². The van der Waals surface area contributed by atoms with Gasteiger partial charge in [0.05, 0.1) is 26.0 Å². The molecule has 9 nitrogen and oxygen atoms in total. The Morgan fingerprint density at radius 1 is 1.09 bits per heavy atom. The molecule has 0 atom stereocenters. The molecule has 0 unspecified atom stereocenters. The standard InChI is InChI=1S/C24H28N4O5/c1-5-31-17-9-7-8-16(12-17)25-24-19-10-15-11-20(32-6-2)21(33-14-22(29)27-30-4)13-18(15)23(19)28(3)26-24/h7-9,11-13H,5-6,10,14H2,1-4H3,(H,25,26)(H,27,29). The lowest BCUT2D eigenvalue weighted by molar-refractivity contribution is -0.133. The molecule has 0 saturated heterocycles. The van der Waals surface area contributed by atoms with Crippen molar-refractivity contribution in [2.24, 2.45) is 7.05 Å². The lowest BCUT2D eigenvalue weighted by Crippen LogP contribution is -2.27. The molecule has 1 amide bonds. The van der Waals surface area contributed by atoms with Crippen molar-refractivity contribution < 1.29 is 23.8 Å². The van der Waals surface area contributed by atoms with Crippen molar-refractivity contribution in [2.75, 3.05) is 32.2 Å². The van der Waals surface area contributed by atoms with Gasteiger partial charge in [0.2, 0.25) is 0 Å². The average molecular weight is 453 g/mol. The predicted molar refractivity (Wildman–Crippen MR) is 124 cm³/mol. The first-order valence-corrected chi connectivity index (χ1v) is 10.8. The highest BCUT2D eigenvalue weighted by Crippen LogP contribution is 2.45. The topological polar surface area (TPSA) is 95.9 Å². The number of carbonyl (C=O) groups excluding carboxylic acids is 1. The molecule has 2 N–H and O–H groups in total. The molecule has 1 heterocycles. The third kappa shape index (κ3) is 4.73. The number of aryl methyl sites for hydroxylation is 1. The van der Waals surface area contributed by atoms with Crippen LogP contribution in [-0.4, -0.2) is 42.6 Å². The fourth-order valence-corrected chi connectivity index (χ4v) is 3.97. The molecule has 9 heteroatoms. The Kier molecular flexibility index (Phi) is 6.69. The predicted octanol–water partition coefficient (Wildman–Crippen LogP) is 3.59. The molecule has 0 saturated carbocycles. The summed E-state index contributed by atoms with van der Waals surface area (Å²) in [6.45, 7) is 4.77. The van der Waals surface area contributed by atoms with E-state index in [1.807, 2.05) is 62.0 Å². The Morgan fingerprint density at radius 2 is 1.88 bits per heavy atom. The number of hydrogen-bond donors (Lipinski definition) is 2. The summed E-state index contributed by atoms with van der Waals surface area (Å²) in [5.74, 6) is 2.30. The molecule has 0 spiro atoms. The van der Waals surface area contributed by atoms with Gasteiger partial charge in [-0.2, -0.15) is 5.10 Å². The Hall–Kier alpha value is -3.72. The Morgan fingerprint density at radius 3 is 2.64 bits per heavy atom. The quantitative estimate of drug-likeness (QED) is 0.355. The molecule has 174 valence electrons. The van der Waals surface area contributed by atoms with Crippen LogP contribution in [0.1, 0.15) is 25.0 Å². The van der Waals surface area contributed by atoms with Crippen molar-refractivity contribution in [1.29, 1.82) is 0 Å². The Bertz CT molecular complexity index is 1160. The van der Waals surface area contributed by atoms with E-state index in [0.717, 1.165) is 39.6 Å². The zero-order valence-corrected chi connectivity index (χ0v) is 19.2. The van der Waals surface area contributed by atoms with Gasteiger partial charge in [-0.15, -0.1) is 0 Å². The first-order valence-electron chi connectivity index (χ1n) is 10.8. The molecule has 4 rings (SSSR count). The lowest BCUT2D eigenvalue weighted by Gasteiger charge is -2.14. The van der Waals surface area contributed by atoms with E-state index in [-0.39, 0.29) is 12.5 Å². The smallest absolute Gasteiger partial charge is 0.281 e. The van der Waals surface area contributed by atoms with Crippen LogP contribution >= 0.6 is 0 Å². The number of fused-ring (bicyclic) bond motifs is 3. The van der Waals surface area contributed by atoms with Crippen LogP contribution < -0.4 is 25.0 Å². The second-order valence-electron chi connectivity index (χ2n) is 7.47. The van der Waals surface area contributed by atoms with Crippen LogP contribution in [0.5, 0.6) is 17.2 Å². The van der Waals surface area contributed by atoms with Crippen LogP contribution in [0.4, 0.5) is 11.5 Å². The molecule has 0 fully saturated rings. The van der Waals surface area contributed by atoms with Gasteiger partial charge in [0.1, 0.15) is 5.75 Å². The molecule has 1 aromatic heterocycles. The van der Waals surface area contributed by atoms with Crippen LogP contribution in [-0.2, 0) is 23.1 Å². The van der Waals surface area contributed by atoms with Gasteiger partial charge in [-0.3, -0.25) is 14.3 Å². The van der Waals surface area contributed by atoms with Crippen molar-refractivity contribution >= 4 is 17.4 Å². The Balaban J connectivity index is 1.64. The van der Waals surface area contributed by atoms with Gasteiger partial charge in [0.25, 0.3) is 5.91 Å². The maximum atomic E-state index is 11.8. The summed E-state index contributed by atoms with van der Waals surface area (Å²) in [6, 6.07) is 11.7. The fraction of sp³-hybridized carbons (Fsp3) is 0.333. The summed E-state index contributed by atoms with van der Waals surface area (Å²) >= 11 is 0. The number of anilines is 2. The fourth-order valence-electron chi connectivity index (χ4n) is 3.97. The second kappa shape index (κ2) is 9.83. The van der Waals surface area contributed by atoms with E-state index in [4.69, 9.17) is 19.3 Å². The van der Waals surface area contributed by atoms with Crippen molar-refractivity contribution in [1.82, 2.24) is 15.3 Å². The number of nitrogens with zero attached hydrogens (tertiary/aromatic N) is 2. The van der Waals surface area contributed by atoms with Crippen LogP contribution in [0, 0.1) is 0 Å². The highest BCUT2D eigenvalue weighted by molar-refractivity contribution is 5.82. The first-order chi connectivity index (χ1) is 16.0. The van der Waals surface area contributed by atoms with E-state index in [2.05, 4.69) is 15.6 Å². The zero-order chi connectivity index (χ0) is 23.4. The minimum atomic E-state index is -0.387. The monoisotopic (exact) mass is 452 g/mol. The molecule has 3 aromatic rings.